The van der Waals surface area contributed by atoms with Crippen LogP contribution in [0.15, 0.2) is 0 Å². The van der Waals surface area contributed by atoms with Gasteiger partial charge in [-0.25, -0.2) is 0 Å². The molecule has 0 unspecified atom stereocenters. The molecular formula is C7H12ClNO2. The van der Waals surface area contributed by atoms with E-state index in [-0.39, 0.29) is 30.0 Å². The Hall–Kier alpha value is -0.570. The Labute approximate surface area is 71.1 Å². The molecule has 64 valence electrons. The summed E-state index contributed by atoms with van der Waals surface area (Å²) >= 11 is 5.20. The smallest absolute Gasteiger partial charge is 0.227 e. The lowest BCUT2D eigenvalue weighted by Crippen LogP contribution is -2.31. The fourth-order valence-corrected chi connectivity index (χ4v) is 0.694. The van der Waals surface area contributed by atoms with Gasteiger partial charge in [0, 0.05) is 6.04 Å². The molecule has 4 heteroatoms. The van der Waals surface area contributed by atoms with Crippen LogP contribution in [0.1, 0.15) is 20.3 Å². The van der Waals surface area contributed by atoms with Crippen molar-refractivity contribution >= 4 is 23.3 Å². The van der Waals surface area contributed by atoms with E-state index < -0.39 is 0 Å². The first kappa shape index (κ1) is 10.4. The second kappa shape index (κ2) is 5.13. The lowest BCUT2D eigenvalue weighted by atomic mass is 10.3. The van der Waals surface area contributed by atoms with E-state index in [4.69, 9.17) is 11.6 Å². The highest BCUT2D eigenvalue weighted by Crippen LogP contribution is 1.88. The van der Waals surface area contributed by atoms with Crippen LogP contribution in [-0.2, 0) is 9.59 Å². The fourth-order valence-electron chi connectivity index (χ4n) is 0.599. The summed E-state index contributed by atoms with van der Waals surface area (Å²) in [6.07, 6.45) is -0.109. The average Bonchev–Trinajstić information content (AvgIpc) is 1.85. The third-order valence-corrected chi connectivity index (χ3v) is 1.25. The van der Waals surface area contributed by atoms with E-state index in [1.165, 1.54) is 0 Å². The summed E-state index contributed by atoms with van der Waals surface area (Å²) in [6, 6.07) is 0.0747. The zero-order valence-corrected chi connectivity index (χ0v) is 7.44. The zero-order chi connectivity index (χ0) is 8.85. The molecule has 11 heavy (non-hydrogen) atoms. The molecule has 0 spiro atoms. The second-order valence-corrected chi connectivity index (χ2v) is 2.84. The van der Waals surface area contributed by atoms with Crippen molar-refractivity contribution in [3.63, 3.8) is 0 Å². The number of nitrogens with one attached hydrogen (secondary N) is 1. The van der Waals surface area contributed by atoms with E-state index in [2.05, 4.69) is 5.32 Å². The second-order valence-electron chi connectivity index (χ2n) is 2.57. The maximum Gasteiger partial charge on any atom is 0.227 e. The summed E-state index contributed by atoms with van der Waals surface area (Å²) in [5, 5.41) is 2.59. The number of alkyl halides is 1. The number of carbonyl (C=O) groups excluding carboxylic acids is 2. The molecule has 0 aromatic rings. The van der Waals surface area contributed by atoms with E-state index in [9.17, 15) is 9.59 Å². The van der Waals surface area contributed by atoms with Crippen LogP contribution < -0.4 is 5.32 Å². The summed E-state index contributed by atoms with van der Waals surface area (Å²) in [7, 11) is 0. The Balaban J connectivity index is 3.61. The van der Waals surface area contributed by atoms with E-state index in [0.717, 1.165) is 0 Å². The molecule has 0 fully saturated rings. The molecule has 3 nitrogen and oxygen atoms in total. The van der Waals surface area contributed by atoms with Crippen LogP contribution in [0.5, 0.6) is 0 Å². The number of halogens is 1. The van der Waals surface area contributed by atoms with Gasteiger partial charge in [0.15, 0.2) is 5.78 Å². The average molecular weight is 178 g/mol. The summed E-state index contributed by atoms with van der Waals surface area (Å²) in [4.78, 5) is 21.4. The first-order chi connectivity index (χ1) is 5.06. The van der Waals surface area contributed by atoms with E-state index in [1.54, 1.807) is 0 Å². The van der Waals surface area contributed by atoms with E-state index >= 15 is 0 Å². The highest BCUT2D eigenvalue weighted by Gasteiger charge is 2.08. The Bertz CT molecular complexity index is 157. The van der Waals surface area contributed by atoms with Gasteiger partial charge in [0.05, 0.1) is 12.3 Å². The first-order valence-corrected chi connectivity index (χ1v) is 3.96. The van der Waals surface area contributed by atoms with Crippen LogP contribution in [0, 0.1) is 0 Å². The Morgan fingerprint density at radius 2 is 2.00 bits per heavy atom. The minimum absolute atomic E-state index is 0.0747. The predicted molar refractivity (Wildman–Crippen MR) is 43.6 cm³/mol. The van der Waals surface area contributed by atoms with E-state index in [0.29, 0.717) is 0 Å². The van der Waals surface area contributed by atoms with Crippen molar-refractivity contribution in [2.45, 2.75) is 26.3 Å². The Morgan fingerprint density at radius 3 is 2.36 bits per heavy atom. The van der Waals surface area contributed by atoms with Gasteiger partial charge in [0.1, 0.15) is 0 Å². The van der Waals surface area contributed by atoms with Gasteiger partial charge in [-0.05, 0) is 13.8 Å². The van der Waals surface area contributed by atoms with Crippen molar-refractivity contribution in [1.29, 1.82) is 0 Å². The third-order valence-electron chi connectivity index (χ3n) is 0.956. The number of amides is 1. The molecule has 1 N–H and O–H groups in total. The van der Waals surface area contributed by atoms with Crippen LogP contribution in [0.4, 0.5) is 0 Å². The van der Waals surface area contributed by atoms with Gasteiger partial charge in [-0.2, -0.15) is 0 Å². The number of rotatable bonds is 4. The summed E-state index contributed by atoms with van der Waals surface area (Å²) in [5.41, 5.74) is 0. The molecule has 1 amide bonds. The Morgan fingerprint density at radius 1 is 1.45 bits per heavy atom. The van der Waals surface area contributed by atoms with Gasteiger partial charge >= 0.3 is 0 Å². The number of carbonyl (C=O) groups is 2. The highest BCUT2D eigenvalue weighted by atomic mass is 35.5. The van der Waals surface area contributed by atoms with Crippen molar-refractivity contribution in [2.24, 2.45) is 0 Å². The standard InChI is InChI=1S/C7H12ClNO2/c1-5(2)9-7(11)3-6(10)4-8/h5H,3-4H2,1-2H3,(H,9,11). The topological polar surface area (TPSA) is 46.2 Å². The monoisotopic (exact) mass is 177 g/mol. The van der Waals surface area contributed by atoms with Gasteiger partial charge < -0.3 is 5.32 Å². The van der Waals surface area contributed by atoms with Crippen molar-refractivity contribution in [3.05, 3.63) is 0 Å². The van der Waals surface area contributed by atoms with Crippen LogP contribution in [-0.4, -0.2) is 23.6 Å². The third kappa shape index (κ3) is 5.85. The molecule has 0 aromatic heterocycles. The lowest BCUT2D eigenvalue weighted by molar-refractivity contribution is -0.127. The quantitative estimate of drug-likeness (QED) is 0.508. The van der Waals surface area contributed by atoms with Gasteiger partial charge in [0.25, 0.3) is 0 Å². The molecule has 0 saturated carbocycles. The maximum absolute atomic E-state index is 10.8. The predicted octanol–water partition coefficient (Wildman–Crippen LogP) is 0.709. The van der Waals surface area contributed by atoms with Crippen molar-refractivity contribution in [1.82, 2.24) is 5.32 Å². The van der Waals surface area contributed by atoms with Crippen LogP contribution >= 0.6 is 11.6 Å². The number of hydrogen-bond donors (Lipinski definition) is 1. The molecule has 0 aliphatic rings. The molecular weight excluding hydrogens is 166 g/mol. The minimum Gasteiger partial charge on any atom is -0.354 e. The molecule has 0 heterocycles. The molecule has 0 rings (SSSR count). The SMILES string of the molecule is CC(C)NC(=O)CC(=O)CCl. The molecule has 0 aromatic carbocycles. The van der Waals surface area contributed by atoms with Crippen molar-refractivity contribution in [3.8, 4) is 0 Å². The number of hydrogen-bond acceptors (Lipinski definition) is 2. The lowest BCUT2D eigenvalue weighted by Gasteiger charge is -2.06. The van der Waals surface area contributed by atoms with E-state index in [1.807, 2.05) is 13.8 Å². The van der Waals surface area contributed by atoms with Gasteiger partial charge in [-0.3, -0.25) is 9.59 Å². The van der Waals surface area contributed by atoms with Gasteiger partial charge in [0.2, 0.25) is 5.91 Å². The molecule has 0 bridgehead atoms. The van der Waals surface area contributed by atoms with Crippen LogP contribution in [0.25, 0.3) is 0 Å². The first-order valence-electron chi connectivity index (χ1n) is 3.43. The van der Waals surface area contributed by atoms with Crippen molar-refractivity contribution in [2.75, 3.05) is 5.88 Å². The number of Topliss-reactive ketones (excluding diaryl/α,β-unsaturated/α-hetero) is 1. The minimum atomic E-state index is -0.259. The molecule has 0 aliphatic heterocycles. The fraction of sp³-hybridized carbons (Fsp3) is 0.714. The zero-order valence-electron chi connectivity index (χ0n) is 6.69. The van der Waals surface area contributed by atoms with Crippen LogP contribution in [0.2, 0.25) is 0 Å². The summed E-state index contributed by atoms with van der Waals surface area (Å²) < 4.78 is 0. The normalized spacial score (nSPS) is 9.82. The summed E-state index contributed by atoms with van der Waals surface area (Å²) in [5.74, 6) is -0.596. The summed E-state index contributed by atoms with van der Waals surface area (Å²) in [6.45, 7) is 3.67. The molecule has 0 radical (unpaired) electrons. The van der Waals surface area contributed by atoms with Gasteiger partial charge in [-0.15, -0.1) is 11.6 Å². The van der Waals surface area contributed by atoms with Crippen molar-refractivity contribution < 1.29 is 9.59 Å². The molecule has 0 aliphatic carbocycles. The largest absolute Gasteiger partial charge is 0.354 e. The molecule has 0 atom stereocenters. The van der Waals surface area contributed by atoms with Crippen LogP contribution in [0.3, 0.4) is 0 Å². The highest BCUT2D eigenvalue weighted by molar-refractivity contribution is 6.29. The Kier molecular flexibility index (Phi) is 4.86. The maximum atomic E-state index is 10.8. The number of ketones is 1. The van der Waals surface area contributed by atoms with Gasteiger partial charge in [-0.1, -0.05) is 0 Å². The molecule has 0 saturated heterocycles.